The fourth-order valence-corrected chi connectivity index (χ4v) is 1.36. The molecule has 17 heavy (non-hydrogen) atoms. The Morgan fingerprint density at radius 3 is 2.24 bits per heavy atom. The second-order valence-corrected chi connectivity index (χ2v) is 4.24. The van der Waals surface area contributed by atoms with Gasteiger partial charge in [-0.05, 0) is 24.6 Å². The summed E-state index contributed by atoms with van der Waals surface area (Å²) in [6, 6.07) is 7.52. The van der Waals surface area contributed by atoms with E-state index in [4.69, 9.17) is 11.6 Å². The van der Waals surface area contributed by atoms with Gasteiger partial charge in [-0.3, -0.25) is 0 Å². The minimum absolute atomic E-state index is 0.701. The first kappa shape index (κ1) is 13.7. The molecule has 0 N–H and O–H groups in total. The molecule has 0 atom stereocenters. The molecule has 0 bridgehead atoms. The topological polar surface area (TPSA) is 25.8 Å². The molecule has 1 aromatic carbocycles. The van der Waals surface area contributed by atoms with E-state index in [1.165, 1.54) is 6.42 Å². The SMILES string of the molecule is CCC.Cc1cnc(-c2cccc(Cl)c2)nc1. The minimum Gasteiger partial charge on any atom is -0.236 e. The molecule has 90 valence electrons. The van der Waals surface area contributed by atoms with Gasteiger partial charge in [0.25, 0.3) is 0 Å². The van der Waals surface area contributed by atoms with Crippen molar-refractivity contribution in [2.24, 2.45) is 0 Å². The summed E-state index contributed by atoms with van der Waals surface area (Å²) >= 11 is 5.87. The predicted molar refractivity (Wildman–Crippen MR) is 73.2 cm³/mol. The number of hydrogen-bond acceptors (Lipinski definition) is 2. The summed E-state index contributed by atoms with van der Waals surface area (Å²) in [5.41, 5.74) is 1.99. The van der Waals surface area contributed by atoms with E-state index in [1.807, 2.05) is 31.2 Å². The highest BCUT2D eigenvalue weighted by Crippen LogP contribution is 2.18. The number of nitrogens with zero attached hydrogens (tertiary/aromatic N) is 2. The summed E-state index contributed by atoms with van der Waals surface area (Å²) in [7, 11) is 0. The van der Waals surface area contributed by atoms with Gasteiger partial charge in [0.15, 0.2) is 5.82 Å². The average Bonchev–Trinajstić information content (AvgIpc) is 2.31. The van der Waals surface area contributed by atoms with Gasteiger partial charge in [-0.25, -0.2) is 9.97 Å². The van der Waals surface area contributed by atoms with Crippen molar-refractivity contribution in [2.75, 3.05) is 0 Å². The van der Waals surface area contributed by atoms with Crippen LogP contribution >= 0.6 is 11.6 Å². The highest BCUT2D eigenvalue weighted by atomic mass is 35.5. The van der Waals surface area contributed by atoms with E-state index in [0.717, 1.165) is 11.1 Å². The zero-order chi connectivity index (χ0) is 12.7. The van der Waals surface area contributed by atoms with Crippen LogP contribution in [-0.2, 0) is 0 Å². The Bertz CT molecular complexity index is 452. The number of benzene rings is 1. The van der Waals surface area contributed by atoms with Gasteiger partial charge in [0.2, 0.25) is 0 Å². The summed E-state index contributed by atoms with van der Waals surface area (Å²) in [6.07, 6.45) is 4.84. The molecule has 0 saturated carbocycles. The maximum absolute atomic E-state index is 5.87. The van der Waals surface area contributed by atoms with Gasteiger partial charge >= 0.3 is 0 Å². The molecule has 1 heterocycles. The van der Waals surface area contributed by atoms with Gasteiger partial charge in [-0.15, -0.1) is 0 Å². The molecule has 3 heteroatoms. The average molecular weight is 249 g/mol. The van der Waals surface area contributed by atoms with E-state index < -0.39 is 0 Å². The van der Waals surface area contributed by atoms with E-state index >= 15 is 0 Å². The van der Waals surface area contributed by atoms with Crippen LogP contribution in [0.4, 0.5) is 0 Å². The van der Waals surface area contributed by atoms with E-state index in [-0.39, 0.29) is 0 Å². The standard InChI is InChI=1S/C11H9ClN2.C3H8/c1-8-6-13-11(14-7-8)9-3-2-4-10(12)5-9;1-3-2/h2-7H,1H3;3H2,1-2H3. The molecular formula is C14H17ClN2. The monoisotopic (exact) mass is 248 g/mol. The molecule has 2 rings (SSSR count). The maximum atomic E-state index is 5.87. The number of hydrogen-bond donors (Lipinski definition) is 0. The molecule has 0 fully saturated rings. The van der Waals surface area contributed by atoms with Crippen LogP contribution < -0.4 is 0 Å². The van der Waals surface area contributed by atoms with Gasteiger partial charge in [0.1, 0.15) is 0 Å². The lowest BCUT2D eigenvalue weighted by Gasteiger charge is -1.99. The van der Waals surface area contributed by atoms with Crippen molar-refractivity contribution in [2.45, 2.75) is 27.2 Å². The number of halogens is 1. The van der Waals surface area contributed by atoms with Gasteiger partial charge in [-0.2, -0.15) is 0 Å². The fourth-order valence-electron chi connectivity index (χ4n) is 1.17. The van der Waals surface area contributed by atoms with Gasteiger partial charge < -0.3 is 0 Å². The summed E-state index contributed by atoms with van der Waals surface area (Å²) < 4.78 is 0. The van der Waals surface area contributed by atoms with Crippen molar-refractivity contribution in [1.82, 2.24) is 9.97 Å². The fraction of sp³-hybridized carbons (Fsp3) is 0.286. The van der Waals surface area contributed by atoms with Crippen LogP contribution in [0.5, 0.6) is 0 Å². The molecule has 0 aliphatic carbocycles. The van der Waals surface area contributed by atoms with Crippen LogP contribution in [0.15, 0.2) is 36.7 Å². The highest BCUT2D eigenvalue weighted by molar-refractivity contribution is 6.30. The van der Waals surface area contributed by atoms with Gasteiger partial charge in [0, 0.05) is 23.0 Å². The van der Waals surface area contributed by atoms with Crippen molar-refractivity contribution < 1.29 is 0 Å². The third kappa shape index (κ3) is 4.53. The Kier molecular flexibility index (Phi) is 5.64. The number of rotatable bonds is 1. The van der Waals surface area contributed by atoms with Crippen LogP contribution in [0.2, 0.25) is 5.02 Å². The lowest BCUT2D eigenvalue weighted by atomic mass is 10.2. The minimum atomic E-state index is 0.701. The summed E-state index contributed by atoms with van der Waals surface area (Å²) in [4.78, 5) is 8.44. The largest absolute Gasteiger partial charge is 0.236 e. The smallest absolute Gasteiger partial charge is 0.159 e. The first-order chi connectivity index (χ1) is 8.17. The second kappa shape index (κ2) is 7.02. The number of aryl methyl sites for hydroxylation is 1. The molecular weight excluding hydrogens is 232 g/mol. The summed E-state index contributed by atoms with van der Waals surface area (Å²) in [5, 5.41) is 0.701. The molecule has 0 radical (unpaired) electrons. The van der Waals surface area contributed by atoms with Crippen LogP contribution in [0, 0.1) is 6.92 Å². The third-order valence-corrected chi connectivity index (χ3v) is 2.10. The van der Waals surface area contributed by atoms with Crippen LogP contribution in [0.25, 0.3) is 11.4 Å². The summed E-state index contributed by atoms with van der Waals surface area (Å²) in [6.45, 7) is 6.21. The van der Waals surface area contributed by atoms with Crippen molar-refractivity contribution >= 4 is 11.6 Å². The second-order valence-electron chi connectivity index (χ2n) is 3.80. The normalized spacial score (nSPS) is 9.41. The van der Waals surface area contributed by atoms with Crippen LogP contribution in [0.1, 0.15) is 25.8 Å². The van der Waals surface area contributed by atoms with E-state index in [9.17, 15) is 0 Å². The van der Waals surface area contributed by atoms with Crippen LogP contribution in [-0.4, -0.2) is 9.97 Å². The van der Waals surface area contributed by atoms with Crippen molar-refractivity contribution in [3.8, 4) is 11.4 Å². The molecule has 0 saturated heterocycles. The lowest BCUT2D eigenvalue weighted by molar-refractivity contribution is 1.09. The van der Waals surface area contributed by atoms with E-state index in [1.54, 1.807) is 12.4 Å². The Hall–Kier alpha value is -1.41. The molecule has 2 nitrogen and oxygen atoms in total. The number of aromatic nitrogens is 2. The Labute approximate surface area is 108 Å². The maximum Gasteiger partial charge on any atom is 0.159 e. The molecule has 0 unspecified atom stereocenters. The molecule has 1 aromatic heterocycles. The van der Waals surface area contributed by atoms with Crippen LogP contribution in [0.3, 0.4) is 0 Å². The molecule has 0 spiro atoms. The quantitative estimate of drug-likeness (QED) is 0.741. The molecule has 0 aliphatic rings. The van der Waals surface area contributed by atoms with Crippen molar-refractivity contribution in [3.05, 3.63) is 47.2 Å². The van der Waals surface area contributed by atoms with Gasteiger partial charge in [-0.1, -0.05) is 44.0 Å². The highest BCUT2D eigenvalue weighted by Gasteiger charge is 2.00. The Morgan fingerprint density at radius 1 is 1.12 bits per heavy atom. The Balaban J connectivity index is 0.000000437. The molecule has 2 aromatic rings. The first-order valence-corrected chi connectivity index (χ1v) is 6.09. The Morgan fingerprint density at radius 2 is 1.71 bits per heavy atom. The predicted octanol–water partition coefficient (Wildman–Crippen LogP) is 4.52. The van der Waals surface area contributed by atoms with Gasteiger partial charge in [0.05, 0.1) is 0 Å². The zero-order valence-electron chi connectivity index (χ0n) is 10.4. The van der Waals surface area contributed by atoms with E-state index in [2.05, 4.69) is 23.8 Å². The first-order valence-electron chi connectivity index (χ1n) is 5.72. The molecule has 0 amide bonds. The summed E-state index contributed by atoms with van der Waals surface area (Å²) in [5.74, 6) is 0.707. The lowest BCUT2D eigenvalue weighted by Crippen LogP contribution is -1.88. The van der Waals surface area contributed by atoms with Crippen molar-refractivity contribution in [1.29, 1.82) is 0 Å². The van der Waals surface area contributed by atoms with Crippen molar-refractivity contribution in [3.63, 3.8) is 0 Å². The van der Waals surface area contributed by atoms with E-state index in [0.29, 0.717) is 10.8 Å². The molecule has 0 aliphatic heterocycles. The zero-order valence-corrected chi connectivity index (χ0v) is 11.2. The third-order valence-electron chi connectivity index (χ3n) is 1.86.